The first-order chi connectivity index (χ1) is 9.99. The Kier molecular flexibility index (Phi) is 6.43. The Morgan fingerprint density at radius 1 is 0.667 bits per heavy atom. The zero-order chi connectivity index (χ0) is 15.3. The summed E-state index contributed by atoms with van der Waals surface area (Å²) in [6.07, 6.45) is 9.02. The average molecular weight is 304 g/mol. The molecular weight excluding hydrogens is 273 g/mol. The van der Waals surface area contributed by atoms with Crippen molar-refractivity contribution < 1.29 is 13.2 Å². The Labute approximate surface area is 127 Å². The minimum Gasteiger partial charge on any atom is -0.171 e. The number of alkyl halides is 3. The fourth-order valence-corrected chi connectivity index (χ4v) is 4.47. The van der Waals surface area contributed by atoms with Crippen molar-refractivity contribution in [1.82, 2.24) is 0 Å². The highest BCUT2D eigenvalue weighted by Crippen LogP contribution is 2.42. The van der Waals surface area contributed by atoms with Crippen LogP contribution in [0.25, 0.3) is 0 Å². The molecule has 0 bridgehead atoms. The second-order valence-corrected chi connectivity index (χ2v) is 7.51. The van der Waals surface area contributed by atoms with Gasteiger partial charge in [-0.05, 0) is 43.4 Å². The molecule has 2 aliphatic carbocycles. The molecule has 0 aromatic rings. The first-order valence-corrected chi connectivity index (χ1v) is 9.05. The number of hydrogen-bond acceptors (Lipinski definition) is 0. The molecule has 0 heterocycles. The molecule has 2 rings (SSSR count). The van der Waals surface area contributed by atoms with Crippen LogP contribution >= 0.6 is 0 Å². The topological polar surface area (TPSA) is 0 Å². The molecule has 2 fully saturated rings. The summed E-state index contributed by atoms with van der Waals surface area (Å²) < 4.78 is 37.9. The molecule has 0 N–H and O–H groups in total. The van der Waals surface area contributed by atoms with E-state index in [-0.39, 0.29) is 0 Å². The quantitative estimate of drug-likeness (QED) is 0.527. The normalized spacial score (nSPS) is 34.9. The molecule has 0 aliphatic heterocycles. The van der Waals surface area contributed by atoms with Crippen molar-refractivity contribution in [2.24, 2.45) is 23.7 Å². The van der Waals surface area contributed by atoms with Crippen molar-refractivity contribution >= 4 is 0 Å². The molecular formula is C18H31F3. The van der Waals surface area contributed by atoms with E-state index in [1.807, 2.05) is 0 Å². The third-order valence-electron chi connectivity index (χ3n) is 5.96. The highest BCUT2D eigenvalue weighted by Gasteiger charge is 2.41. The van der Waals surface area contributed by atoms with E-state index in [0.717, 1.165) is 24.7 Å². The first-order valence-electron chi connectivity index (χ1n) is 9.05. The van der Waals surface area contributed by atoms with Gasteiger partial charge in [-0.25, -0.2) is 0 Å². The molecule has 0 aromatic carbocycles. The van der Waals surface area contributed by atoms with Crippen LogP contribution in [0.3, 0.4) is 0 Å². The average Bonchev–Trinajstić information content (AvgIpc) is 2.46. The fraction of sp³-hybridized carbons (Fsp3) is 1.00. The summed E-state index contributed by atoms with van der Waals surface area (Å²) in [5.74, 6) is 1.36. The molecule has 3 heteroatoms. The van der Waals surface area contributed by atoms with Crippen molar-refractivity contribution in [1.29, 1.82) is 0 Å². The zero-order valence-corrected chi connectivity index (χ0v) is 13.4. The summed E-state index contributed by atoms with van der Waals surface area (Å²) in [4.78, 5) is 0. The number of hydrogen-bond donors (Lipinski definition) is 0. The SMILES string of the molecule is CCC[C@H]1CC[C@H](CC[C@H]2CC[C@H](C(F)(F)F)CC2)CC1. The molecule has 0 aromatic heterocycles. The third kappa shape index (κ3) is 5.49. The Morgan fingerprint density at radius 2 is 1.05 bits per heavy atom. The summed E-state index contributed by atoms with van der Waals surface area (Å²) in [6, 6.07) is 0. The molecule has 0 unspecified atom stereocenters. The van der Waals surface area contributed by atoms with Crippen molar-refractivity contribution in [2.75, 3.05) is 0 Å². The Morgan fingerprint density at radius 3 is 1.43 bits per heavy atom. The van der Waals surface area contributed by atoms with Gasteiger partial charge in [0.25, 0.3) is 0 Å². The molecule has 0 saturated heterocycles. The first kappa shape index (κ1) is 17.1. The van der Waals surface area contributed by atoms with Crippen molar-refractivity contribution in [3.8, 4) is 0 Å². The van der Waals surface area contributed by atoms with Gasteiger partial charge in [-0.15, -0.1) is 0 Å². The van der Waals surface area contributed by atoms with E-state index in [4.69, 9.17) is 0 Å². The predicted molar refractivity (Wildman–Crippen MR) is 81.1 cm³/mol. The van der Waals surface area contributed by atoms with E-state index in [1.165, 1.54) is 51.4 Å². The zero-order valence-electron chi connectivity index (χ0n) is 13.4. The Hall–Kier alpha value is -0.210. The Balaban J connectivity index is 1.60. The lowest BCUT2D eigenvalue weighted by atomic mass is 9.75. The summed E-state index contributed by atoms with van der Waals surface area (Å²) >= 11 is 0. The maximum Gasteiger partial charge on any atom is 0.391 e. The van der Waals surface area contributed by atoms with Gasteiger partial charge in [0.05, 0.1) is 5.92 Å². The largest absolute Gasteiger partial charge is 0.391 e. The van der Waals surface area contributed by atoms with E-state index in [9.17, 15) is 13.2 Å². The van der Waals surface area contributed by atoms with Crippen LogP contribution in [0.1, 0.15) is 84.0 Å². The van der Waals surface area contributed by atoms with Crippen LogP contribution in [0.15, 0.2) is 0 Å². The van der Waals surface area contributed by atoms with E-state index >= 15 is 0 Å². The minimum atomic E-state index is -3.96. The minimum absolute atomic E-state index is 0.372. The maximum absolute atomic E-state index is 12.6. The fourth-order valence-electron chi connectivity index (χ4n) is 4.47. The summed E-state index contributed by atoms with van der Waals surface area (Å²) in [5, 5.41) is 0. The van der Waals surface area contributed by atoms with Crippen LogP contribution < -0.4 is 0 Å². The van der Waals surface area contributed by atoms with Crippen molar-refractivity contribution in [2.45, 2.75) is 90.1 Å². The van der Waals surface area contributed by atoms with Crippen LogP contribution in [0, 0.1) is 23.7 Å². The lowest BCUT2D eigenvalue weighted by Gasteiger charge is -2.32. The lowest BCUT2D eigenvalue weighted by Crippen LogP contribution is -2.28. The second-order valence-electron chi connectivity index (χ2n) is 7.51. The number of rotatable bonds is 5. The molecule has 21 heavy (non-hydrogen) atoms. The van der Waals surface area contributed by atoms with Gasteiger partial charge in [0.1, 0.15) is 0 Å². The van der Waals surface area contributed by atoms with E-state index in [1.54, 1.807) is 0 Å². The van der Waals surface area contributed by atoms with Crippen LogP contribution in [0.5, 0.6) is 0 Å². The smallest absolute Gasteiger partial charge is 0.171 e. The van der Waals surface area contributed by atoms with Crippen molar-refractivity contribution in [3.63, 3.8) is 0 Å². The standard InChI is InChI=1S/C18H31F3/c1-2-3-14-4-6-15(7-5-14)8-9-16-10-12-17(13-11-16)18(19,20)21/h14-17H,2-13H2,1H3/t14-,15-,16-,17-. The van der Waals surface area contributed by atoms with E-state index in [0.29, 0.717) is 18.8 Å². The van der Waals surface area contributed by atoms with Gasteiger partial charge in [-0.2, -0.15) is 13.2 Å². The molecule has 2 saturated carbocycles. The molecule has 2 aliphatic rings. The van der Waals surface area contributed by atoms with Gasteiger partial charge in [0.15, 0.2) is 0 Å². The highest BCUT2D eigenvalue weighted by molar-refractivity contribution is 4.79. The molecule has 0 amide bonds. The lowest BCUT2D eigenvalue weighted by molar-refractivity contribution is -0.184. The van der Waals surface area contributed by atoms with Gasteiger partial charge in [0.2, 0.25) is 0 Å². The molecule has 0 radical (unpaired) electrons. The monoisotopic (exact) mass is 304 g/mol. The second kappa shape index (κ2) is 7.87. The summed E-state index contributed by atoms with van der Waals surface area (Å²) in [6.45, 7) is 2.27. The molecule has 124 valence electrons. The van der Waals surface area contributed by atoms with Crippen LogP contribution in [0.4, 0.5) is 13.2 Å². The van der Waals surface area contributed by atoms with Crippen LogP contribution in [0.2, 0.25) is 0 Å². The molecule has 0 spiro atoms. The molecule has 0 nitrogen and oxygen atoms in total. The predicted octanol–water partition coefficient (Wildman–Crippen LogP) is 6.74. The summed E-state index contributed by atoms with van der Waals surface area (Å²) in [5.41, 5.74) is 0. The van der Waals surface area contributed by atoms with Crippen LogP contribution in [-0.4, -0.2) is 6.18 Å². The molecule has 0 atom stereocenters. The van der Waals surface area contributed by atoms with Gasteiger partial charge in [-0.1, -0.05) is 58.3 Å². The summed E-state index contributed by atoms with van der Waals surface area (Å²) in [7, 11) is 0. The maximum atomic E-state index is 12.6. The van der Waals surface area contributed by atoms with Gasteiger partial charge < -0.3 is 0 Å². The van der Waals surface area contributed by atoms with E-state index in [2.05, 4.69) is 6.92 Å². The third-order valence-corrected chi connectivity index (χ3v) is 5.96. The van der Waals surface area contributed by atoms with Gasteiger partial charge in [-0.3, -0.25) is 0 Å². The Bertz CT molecular complexity index is 281. The van der Waals surface area contributed by atoms with Crippen LogP contribution in [-0.2, 0) is 0 Å². The van der Waals surface area contributed by atoms with E-state index < -0.39 is 12.1 Å². The van der Waals surface area contributed by atoms with Gasteiger partial charge >= 0.3 is 6.18 Å². The highest BCUT2D eigenvalue weighted by atomic mass is 19.4. The van der Waals surface area contributed by atoms with Crippen molar-refractivity contribution in [3.05, 3.63) is 0 Å². The van der Waals surface area contributed by atoms with Gasteiger partial charge in [0, 0.05) is 0 Å². The number of halogens is 3.